The van der Waals surface area contributed by atoms with Crippen molar-refractivity contribution >= 4 is 15.7 Å². The summed E-state index contributed by atoms with van der Waals surface area (Å²) in [6.07, 6.45) is 0.183. The van der Waals surface area contributed by atoms with E-state index in [2.05, 4.69) is 4.72 Å². The van der Waals surface area contributed by atoms with E-state index in [0.717, 1.165) is 6.07 Å². The lowest BCUT2D eigenvalue weighted by Crippen LogP contribution is -2.38. The predicted octanol–water partition coefficient (Wildman–Crippen LogP) is 0.271. The largest absolute Gasteiger partial charge is 0.396 e. The summed E-state index contributed by atoms with van der Waals surface area (Å²) in [4.78, 5) is 9.77. The van der Waals surface area contributed by atoms with Gasteiger partial charge in [0.1, 0.15) is 0 Å². The van der Waals surface area contributed by atoms with Crippen LogP contribution in [-0.4, -0.2) is 44.8 Å². The summed E-state index contributed by atoms with van der Waals surface area (Å²) < 4.78 is 31.4. The van der Waals surface area contributed by atoms with Gasteiger partial charge in [-0.15, -0.1) is 0 Å². The van der Waals surface area contributed by atoms with Gasteiger partial charge in [-0.2, -0.15) is 0 Å². The van der Waals surface area contributed by atoms with Crippen molar-refractivity contribution in [1.82, 2.24) is 4.72 Å². The lowest BCUT2D eigenvalue weighted by molar-refractivity contribution is -0.385. The molecule has 0 aliphatic carbocycles. The minimum atomic E-state index is -3.91. The van der Waals surface area contributed by atoms with E-state index in [1.807, 2.05) is 0 Å². The summed E-state index contributed by atoms with van der Waals surface area (Å²) in [5, 5.41) is 19.5. The number of sulfonamides is 1. The van der Waals surface area contributed by atoms with Crippen molar-refractivity contribution < 1.29 is 23.2 Å². The molecule has 0 amide bonds. The van der Waals surface area contributed by atoms with E-state index >= 15 is 0 Å². The molecule has 20 heavy (non-hydrogen) atoms. The molecule has 0 aliphatic heterocycles. The Bertz CT molecular complexity index is 554. The lowest BCUT2D eigenvalue weighted by Gasteiger charge is -2.16. The second-order valence-electron chi connectivity index (χ2n) is 4.04. The predicted molar refractivity (Wildman–Crippen MR) is 70.8 cm³/mol. The van der Waals surface area contributed by atoms with Gasteiger partial charge in [0.2, 0.25) is 10.0 Å². The fourth-order valence-electron chi connectivity index (χ4n) is 1.58. The summed E-state index contributed by atoms with van der Waals surface area (Å²) in [6, 6.07) is 4.14. The van der Waals surface area contributed by atoms with Crippen LogP contribution in [0.4, 0.5) is 5.69 Å². The van der Waals surface area contributed by atoms with Crippen LogP contribution < -0.4 is 4.72 Å². The molecule has 0 radical (unpaired) electrons. The van der Waals surface area contributed by atoms with E-state index in [-0.39, 0.29) is 30.2 Å². The number of methoxy groups -OCH3 is 1. The molecule has 0 bridgehead atoms. The van der Waals surface area contributed by atoms with Crippen molar-refractivity contribution in [1.29, 1.82) is 0 Å². The van der Waals surface area contributed by atoms with Crippen LogP contribution in [0.2, 0.25) is 0 Å². The SMILES string of the molecule is COCC(CCO)NS(=O)(=O)c1cccc([N+](=O)[O-])c1. The number of nitro benzene ring substituents is 1. The number of benzene rings is 1. The van der Waals surface area contributed by atoms with Crippen LogP contribution in [0.5, 0.6) is 0 Å². The zero-order chi connectivity index (χ0) is 15.2. The second-order valence-corrected chi connectivity index (χ2v) is 5.75. The zero-order valence-electron chi connectivity index (χ0n) is 10.9. The summed E-state index contributed by atoms with van der Waals surface area (Å²) >= 11 is 0. The molecule has 1 rings (SSSR count). The molecule has 0 saturated heterocycles. The third-order valence-corrected chi connectivity index (χ3v) is 4.02. The van der Waals surface area contributed by atoms with Gasteiger partial charge >= 0.3 is 0 Å². The Labute approximate surface area is 116 Å². The molecule has 1 aromatic carbocycles. The standard InChI is InChI=1S/C11H16N2O6S/c1-19-8-9(5-6-14)12-20(17,18)11-4-2-3-10(7-11)13(15)16/h2-4,7,9,12,14H,5-6,8H2,1H3. The molecule has 1 aromatic rings. The number of hydrogen-bond acceptors (Lipinski definition) is 6. The van der Waals surface area contributed by atoms with Gasteiger partial charge in [-0.3, -0.25) is 10.1 Å². The van der Waals surface area contributed by atoms with E-state index in [1.165, 1.54) is 25.3 Å². The van der Waals surface area contributed by atoms with Crippen LogP contribution in [0.15, 0.2) is 29.2 Å². The van der Waals surface area contributed by atoms with Crippen molar-refractivity contribution in [3.05, 3.63) is 34.4 Å². The number of nitrogens with one attached hydrogen (secondary N) is 1. The normalized spacial score (nSPS) is 13.1. The van der Waals surface area contributed by atoms with Crippen molar-refractivity contribution in [2.24, 2.45) is 0 Å². The Morgan fingerprint density at radius 3 is 2.75 bits per heavy atom. The van der Waals surface area contributed by atoms with Crippen LogP contribution in [-0.2, 0) is 14.8 Å². The molecule has 0 fully saturated rings. The number of aliphatic hydroxyl groups is 1. The summed E-state index contributed by atoms with van der Waals surface area (Å²) in [7, 11) is -2.50. The highest BCUT2D eigenvalue weighted by Crippen LogP contribution is 2.17. The number of non-ortho nitro benzene ring substituents is 1. The topological polar surface area (TPSA) is 119 Å². The van der Waals surface area contributed by atoms with Gasteiger partial charge in [0.25, 0.3) is 5.69 Å². The molecular weight excluding hydrogens is 288 g/mol. The molecule has 0 heterocycles. The average molecular weight is 304 g/mol. The molecule has 0 aliphatic rings. The highest BCUT2D eigenvalue weighted by molar-refractivity contribution is 7.89. The third-order valence-electron chi connectivity index (χ3n) is 2.51. The first kappa shape index (κ1) is 16.5. The smallest absolute Gasteiger partial charge is 0.270 e. The number of rotatable bonds is 8. The molecule has 2 N–H and O–H groups in total. The maximum Gasteiger partial charge on any atom is 0.270 e. The Kier molecular flexibility index (Phi) is 6.02. The van der Waals surface area contributed by atoms with Gasteiger partial charge in [0.15, 0.2) is 0 Å². The van der Waals surface area contributed by atoms with Gasteiger partial charge in [-0.05, 0) is 12.5 Å². The highest BCUT2D eigenvalue weighted by atomic mass is 32.2. The van der Waals surface area contributed by atoms with Crippen LogP contribution in [0.3, 0.4) is 0 Å². The highest BCUT2D eigenvalue weighted by Gasteiger charge is 2.21. The zero-order valence-corrected chi connectivity index (χ0v) is 11.7. The molecule has 1 unspecified atom stereocenters. The molecule has 9 heteroatoms. The Hall–Kier alpha value is -1.55. The molecular formula is C11H16N2O6S. The van der Waals surface area contributed by atoms with Crippen LogP contribution >= 0.6 is 0 Å². The van der Waals surface area contributed by atoms with E-state index in [1.54, 1.807) is 0 Å². The van der Waals surface area contributed by atoms with E-state index in [4.69, 9.17) is 9.84 Å². The molecule has 8 nitrogen and oxygen atoms in total. The van der Waals surface area contributed by atoms with Crippen LogP contribution in [0.25, 0.3) is 0 Å². The van der Waals surface area contributed by atoms with E-state index < -0.39 is 21.0 Å². The molecule has 0 aromatic heterocycles. The van der Waals surface area contributed by atoms with E-state index in [0.29, 0.717) is 0 Å². The molecule has 1 atom stereocenters. The first-order chi connectivity index (χ1) is 9.40. The van der Waals surface area contributed by atoms with Crippen molar-refractivity contribution in [2.45, 2.75) is 17.4 Å². The number of ether oxygens (including phenoxy) is 1. The number of hydrogen-bond donors (Lipinski definition) is 2. The first-order valence-corrected chi connectivity index (χ1v) is 7.25. The van der Waals surface area contributed by atoms with Gasteiger partial charge in [0, 0.05) is 31.9 Å². The monoisotopic (exact) mass is 304 g/mol. The molecule has 0 saturated carbocycles. The van der Waals surface area contributed by atoms with Gasteiger partial charge in [-0.25, -0.2) is 13.1 Å². The van der Waals surface area contributed by atoms with Crippen molar-refractivity contribution in [3.8, 4) is 0 Å². The lowest BCUT2D eigenvalue weighted by atomic mass is 10.2. The number of aliphatic hydroxyl groups excluding tert-OH is 1. The Balaban J connectivity index is 2.97. The Morgan fingerprint density at radius 2 is 2.20 bits per heavy atom. The van der Waals surface area contributed by atoms with Crippen molar-refractivity contribution in [3.63, 3.8) is 0 Å². The first-order valence-electron chi connectivity index (χ1n) is 5.77. The van der Waals surface area contributed by atoms with Gasteiger partial charge in [-0.1, -0.05) is 6.07 Å². The maximum absolute atomic E-state index is 12.1. The number of nitro groups is 1. The Morgan fingerprint density at radius 1 is 1.50 bits per heavy atom. The summed E-state index contributed by atoms with van der Waals surface area (Å²) in [5.74, 6) is 0. The van der Waals surface area contributed by atoms with Gasteiger partial charge in [0.05, 0.1) is 16.4 Å². The average Bonchev–Trinajstić information content (AvgIpc) is 2.39. The number of nitrogens with zero attached hydrogens (tertiary/aromatic N) is 1. The van der Waals surface area contributed by atoms with E-state index in [9.17, 15) is 18.5 Å². The van der Waals surface area contributed by atoms with Crippen LogP contribution in [0.1, 0.15) is 6.42 Å². The minimum Gasteiger partial charge on any atom is -0.396 e. The molecule has 0 spiro atoms. The molecule has 112 valence electrons. The summed E-state index contributed by atoms with van der Waals surface area (Å²) in [5.41, 5.74) is -0.307. The van der Waals surface area contributed by atoms with Gasteiger partial charge < -0.3 is 9.84 Å². The van der Waals surface area contributed by atoms with Crippen LogP contribution in [0, 0.1) is 10.1 Å². The third kappa shape index (κ3) is 4.53. The quantitative estimate of drug-likeness (QED) is 0.525. The minimum absolute atomic E-state index is 0.0920. The fraction of sp³-hybridized carbons (Fsp3) is 0.455. The maximum atomic E-state index is 12.1. The van der Waals surface area contributed by atoms with Crippen molar-refractivity contribution in [2.75, 3.05) is 20.3 Å². The summed E-state index contributed by atoms with van der Waals surface area (Å²) in [6.45, 7) is -0.111. The fourth-order valence-corrected chi connectivity index (χ4v) is 2.88. The second kappa shape index (κ2) is 7.29.